The van der Waals surface area contributed by atoms with E-state index in [0.29, 0.717) is 24.9 Å². The van der Waals surface area contributed by atoms with E-state index >= 15 is 0 Å². The van der Waals surface area contributed by atoms with Crippen molar-refractivity contribution in [2.75, 3.05) is 37.4 Å². The zero-order valence-electron chi connectivity index (χ0n) is 11.8. The van der Waals surface area contributed by atoms with Crippen molar-refractivity contribution in [1.82, 2.24) is 15.2 Å². The molecule has 2 rings (SSSR count). The molecule has 1 aromatic heterocycles. The second-order valence-electron chi connectivity index (χ2n) is 4.39. The molecule has 1 heterocycles. The normalized spacial score (nSPS) is 10.4. The van der Waals surface area contributed by atoms with Crippen molar-refractivity contribution < 1.29 is 4.74 Å². The molecule has 0 aliphatic rings. The third-order valence-corrected chi connectivity index (χ3v) is 2.99. The number of benzene rings is 1. The number of nitrogens with one attached hydrogen (secondary N) is 2. The van der Waals surface area contributed by atoms with E-state index in [9.17, 15) is 0 Å². The number of aromatic nitrogens is 3. The van der Waals surface area contributed by atoms with Gasteiger partial charge in [-0.15, -0.1) is 5.10 Å². The largest absolute Gasteiger partial charge is 0.383 e. The molecule has 0 aliphatic carbocycles. The predicted molar refractivity (Wildman–Crippen MR) is 83.8 cm³/mol. The first-order valence-electron chi connectivity index (χ1n) is 6.69. The number of nitrogens with zero attached hydrogens (tertiary/aromatic N) is 3. The van der Waals surface area contributed by atoms with Crippen molar-refractivity contribution in [2.45, 2.75) is 6.42 Å². The Labute approximate surface area is 128 Å². The van der Waals surface area contributed by atoms with Gasteiger partial charge in [0.2, 0.25) is 5.95 Å². The molecule has 0 aliphatic heterocycles. The smallest absolute Gasteiger partial charge is 0.244 e. The van der Waals surface area contributed by atoms with Crippen molar-refractivity contribution in [2.24, 2.45) is 0 Å². The zero-order chi connectivity index (χ0) is 14.9. The van der Waals surface area contributed by atoms with E-state index in [-0.39, 0.29) is 0 Å². The molecule has 2 aromatic rings. The summed E-state index contributed by atoms with van der Waals surface area (Å²) >= 11 is 5.95. The maximum atomic E-state index is 5.95. The molecule has 0 unspecified atom stereocenters. The lowest BCUT2D eigenvalue weighted by molar-refractivity contribution is 0.210. The van der Waals surface area contributed by atoms with E-state index in [4.69, 9.17) is 16.3 Å². The molecule has 0 bridgehead atoms. The van der Waals surface area contributed by atoms with Crippen LogP contribution in [0.4, 0.5) is 11.8 Å². The molecule has 0 amide bonds. The van der Waals surface area contributed by atoms with Crippen molar-refractivity contribution in [1.29, 1.82) is 0 Å². The van der Waals surface area contributed by atoms with Gasteiger partial charge < -0.3 is 15.4 Å². The van der Waals surface area contributed by atoms with Crippen molar-refractivity contribution >= 4 is 23.4 Å². The van der Waals surface area contributed by atoms with E-state index < -0.39 is 0 Å². The third kappa shape index (κ3) is 5.53. The molecular formula is C14H18ClN5O. The number of halogens is 1. The van der Waals surface area contributed by atoms with Crippen LogP contribution in [0.5, 0.6) is 0 Å². The number of ether oxygens (including phenoxy) is 1. The van der Waals surface area contributed by atoms with Gasteiger partial charge in [-0.1, -0.05) is 23.7 Å². The summed E-state index contributed by atoms with van der Waals surface area (Å²) < 4.78 is 4.95. The third-order valence-electron chi connectivity index (χ3n) is 2.76. The Morgan fingerprint density at radius 3 is 2.95 bits per heavy atom. The number of methoxy groups -OCH3 is 1. The maximum Gasteiger partial charge on any atom is 0.244 e. The Kier molecular flexibility index (Phi) is 6.18. The Hall–Kier alpha value is -1.92. The SMILES string of the molecule is COCCNc1nncc(NCCc2cccc(Cl)c2)n1. The average molecular weight is 308 g/mol. The van der Waals surface area contributed by atoms with E-state index in [1.807, 2.05) is 24.3 Å². The van der Waals surface area contributed by atoms with Crippen LogP contribution in [0.2, 0.25) is 5.02 Å². The first-order chi connectivity index (χ1) is 10.3. The fraction of sp³-hybridized carbons (Fsp3) is 0.357. The van der Waals surface area contributed by atoms with Crippen LogP contribution in [-0.4, -0.2) is 42.0 Å². The lowest BCUT2D eigenvalue weighted by atomic mass is 10.1. The molecule has 7 heteroatoms. The van der Waals surface area contributed by atoms with Gasteiger partial charge >= 0.3 is 0 Å². The number of anilines is 2. The minimum atomic E-state index is 0.486. The van der Waals surface area contributed by atoms with E-state index in [0.717, 1.165) is 18.0 Å². The molecule has 0 spiro atoms. The Morgan fingerprint density at radius 1 is 1.24 bits per heavy atom. The summed E-state index contributed by atoms with van der Waals surface area (Å²) in [7, 11) is 1.65. The summed E-state index contributed by atoms with van der Waals surface area (Å²) in [6, 6.07) is 7.81. The molecule has 0 atom stereocenters. The quantitative estimate of drug-likeness (QED) is 0.729. The number of hydrogen-bond donors (Lipinski definition) is 2. The molecule has 21 heavy (non-hydrogen) atoms. The van der Waals surface area contributed by atoms with Crippen molar-refractivity contribution in [3.8, 4) is 0 Å². The highest BCUT2D eigenvalue weighted by Crippen LogP contribution is 2.11. The zero-order valence-corrected chi connectivity index (χ0v) is 12.6. The van der Waals surface area contributed by atoms with Crippen molar-refractivity contribution in [3.05, 3.63) is 41.0 Å². The molecule has 0 saturated carbocycles. The molecule has 6 nitrogen and oxygen atoms in total. The van der Waals surface area contributed by atoms with Crippen LogP contribution in [0, 0.1) is 0 Å². The van der Waals surface area contributed by atoms with Gasteiger partial charge in [-0.25, -0.2) is 0 Å². The van der Waals surface area contributed by atoms with Gasteiger partial charge in [0.25, 0.3) is 0 Å². The highest BCUT2D eigenvalue weighted by atomic mass is 35.5. The molecule has 112 valence electrons. The molecule has 2 N–H and O–H groups in total. The van der Waals surface area contributed by atoms with Gasteiger partial charge in [-0.2, -0.15) is 10.1 Å². The summed E-state index contributed by atoms with van der Waals surface area (Å²) in [4.78, 5) is 4.32. The Balaban J connectivity index is 1.81. The van der Waals surface area contributed by atoms with Gasteiger partial charge in [-0.05, 0) is 24.1 Å². The van der Waals surface area contributed by atoms with Gasteiger partial charge in [0.05, 0.1) is 12.8 Å². The van der Waals surface area contributed by atoms with Gasteiger partial charge in [0, 0.05) is 25.2 Å². The summed E-state index contributed by atoms with van der Waals surface area (Å²) in [6.45, 7) is 1.98. The first kappa shape index (κ1) is 15.5. The topological polar surface area (TPSA) is 72.0 Å². The van der Waals surface area contributed by atoms with Crippen LogP contribution in [0.1, 0.15) is 5.56 Å². The van der Waals surface area contributed by atoms with Crippen LogP contribution in [0.25, 0.3) is 0 Å². The lowest BCUT2D eigenvalue weighted by Crippen LogP contribution is -2.13. The minimum absolute atomic E-state index is 0.486. The van der Waals surface area contributed by atoms with Crippen LogP contribution < -0.4 is 10.6 Å². The predicted octanol–water partition coefficient (Wildman–Crippen LogP) is 2.24. The van der Waals surface area contributed by atoms with Crippen LogP contribution in [0.15, 0.2) is 30.5 Å². The second-order valence-corrected chi connectivity index (χ2v) is 4.83. The highest BCUT2D eigenvalue weighted by Gasteiger charge is 2.00. The lowest BCUT2D eigenvalue weighted by Gasteiger charge is -2.07. The van der Waals surface area contributed by atoms with Gasteiger partial charge in [-0.3, -0.25) is 0 Å². The van der Waals surface area contributed by atoms with Crippen LogP contribution in [-0.2, 0) is 11.2 Å². The van der Waals surface area contributed by atoms with E-state index in [1.54, 1.807) is 13.3 Å². The monoisotopic (exact) mass is 307 g/mol. The van der Waals surface area contributed by atoms with Crippen LogP contribution >= 0.6 is 11.6 Å². The van der Waals surface area contributed by atoms with Gasteiger partial charge in [0.1, 0.15) is 0 Å². The average Bonchev–Trinajstić information content (AvgIpc) is 2.48. The standard InChI is InChI=1S/C14H18ClN5O/c1-21-8-7-17-14-19-13(10-18-20-14)16-6-5-11-3-2-4-12(15)9-11/h2-4,9-10H,5-8H2,1H3,(H2,16,17,19,20). The maximum absolute atomic E-state index is 5.95. The minimum Gasteiger partial charge on any atom is -0.383 e. The van der Waals surface area contributed by atoms with Crippen molar-refractivity contribution in [3.63, 3.8) is 0 Å². The number of rotatable bonds is 8. The summed E-state index contributed by atoms with van der Waals surface area (Å²) in [6.07, 6.45) is 2.45. The first-order valence-corrected chi connectivity index (χ1v) is 7.06. The van der Waals surface area contributed by atoms with E-state index in [2.05, 4.69) is 25.8 Å². The molecular weight excluding hydrogens is 290 g/mol. The van der Waals surface area contributed by atoms with E-state index in [1.165, 1.54) is 5.56 Å². The summed E-state index contributed by atoms with van der Waals surface area (Å²) in [5.74, 6) is 1.17. The Morgan fingerprint density at radius 2 is 2.14 bits per heavy atom. The second kappa shape index (κ2) is 8.39. The Bertz CT molecular complexity index is 567. The summed E-state index contributed by atoms with van der Waals surface area (Å²) in [5, 5.41) is 14.8. The summed E-state index contributed by atoms with van der Waals surface area (Å²) in [5.41, 5.74) is 1.18. The molecule has 0 radical (unpaired) electrons. The number of hydrogen-bond acceptors (Lipinski definition) is 6. The van der Waals surface area contributed by atoms with Gasteiger partial charge in [0.15, 0.2) is 5.82 Å². The molecule has 0 fully saturated rings. The fourth-order valence-corrected chi connectivity index (χ4v) is 1.97. The van der Waals surface area contributed by atoms with Crippen LogP contribution in [0.3, 0.4) is 0 Å². The highest BCUT2D eigenvalue weighted by molar-refractivity contribution is 6.30. The molecule has 1 aromatic carbocycles. The molecule has 0 saturated heterocycles. The fourth-order valence-electron chi connectivity index (χ4n) is 1.76.